The van der Waals surface area contributed by atoms with Crippen LogP contribution < -0.4 is 4.90 Å². The van der Waals surface area contributed by atoms with Crippen LogP contribution in [0.4, 0.5) is 19.0 Å². The number of rotatable bonds is 6. The van der Waals surface area contributed by atoms with Crippen LogP contribution in [0.1, 0.15) is 33.6 Å². The molecule has 0 bridgehead atoms. The van der Waals surface area contributed by atoms with E-state index in [0.717, 1.165) is 12.8 Å². The molecule has 0 aromatic carbocycles. The Balaban J connectivity index is 2.98. The molecule has 0 aliphatic rings. The Labute approximate surface area is 106 Å². The van der Waals surface area contributed by atoms with Crippen molar-refractivity contribution in [3.05, 3.63) is 23.6 Å². The van der Waals surface area contributed by atoms with E-state index in [9.17, 15) is 13.2 Å². The third-order valence-electron chi connectivity index (χ3n) is 3.18. The molecule has 0 aliphatic heterocycles. The van der Waals surface area contributed by atoms with Crippen molar-refractivity contribution in [2.24, 2.45) is 5.92 Å². The highest BCUT2D eigenvalue weighted by molar-refractivity contribution is 5.40. The molecule has 1 aromatic rings. The van der Waals surface area contributed by atoms with Gasteiger partial charge in [-0.25, -0.2) is 8.78 Å². The first-order valence-electron chi connectivity index (χ1n) is 6.29. The van der Waals surface area contributed by atoms with Gasteiger partial charge in [0, 0.05) is 19.2 Å². The van der Waals surface area contributed by atoms with Gasteiger partial charge in [-0.15, -0.1) is 0 Å². The van der Waals surface area contributed by atoms with Crippen LogP contribution in [-0.2, 0) is 0 Å². The minimum atomic E-state index is -1.26. The van der Waals surface area contributed by atoms with E-state index in [2.05, 4.69) is 18.8 Å². The summed E-state index contributed by atoms with van der Waals surface area (Å²) in [5, 5.41) is 0. The summed E-state index contributed by atoms with van der Waals surface area (Å²) >= 11 is 0. The van der Waals surface area contributed by atoms with Crippen LogP contribution in [0.3, 0.4) is 0 Å². The van der Waals surface area contributed by atoms with Gasteiger partial charge in [-0.1, -0.05) is 26.7 Å². The monoisotopic (exact) mass is 260 g/mol. The Kier molecular flexibility index (Phi) is 5.44. The van der Waals surface area contributed by atoms with Gasteiger partial charge < -0.3 is 4.90 Å². The maximum atomic E-state index is 13.6. The largest absolute Gasteiger partial charge is 0.354 e. The highest BCUT2D eigenvalue weighted by Gasteiger charge is 2.18. The first-order valence-corrected chi connectivity index (χ1v) is 6.29. The van der Waals surface area contributed by atoms with E-state index in [4.69, 9.17) is 0 Å². The van der Waals surface area contributed by atoms with Crippen molar-refractivity contribution < 1.29 is 13.2 Å². The molecule has 0 saturated carbocycles. The van der Waals surface area contributed by atoms with Crippen molar-refractivity contribution in [1.29, 1.82) is 0 Å². The van der Waals surface area contributed by atoms with Crippen molar-refractivity contribution in [2.75, 3.05) is 18.0 Å². The van der Waals surface area contributed by atoms with Crippen molar-refractivity contribution in [3.8, 4) is 0 Å². The molecule has 1 heterocycles. The summed E-state index contributed by atoms with van der Waals surface area (Å²) in [4.78, 5) is 5.02. The summed E-state index contributed by atoms with van der Waals surface area (Å²) in [5.74, 6) is -3.05. The van der Waals surface area contributed by atoms with Gasteiger partial charge in [0.15, 0.2) is 17.5 Å². The fourth-order valence-electron chi connectivity index (χ4n) is 1.88. The number of hydrogen-bond acceptors (Lipinski definition) is 2. The number of pyridine rings is 1. The molecule has 0 unspecified atom stereocenters. The minimum absolute atomic E-state index is 0.108. The maximum absolute atomic E-state index is 13.6. The van der Waals surface area contributed by atoms with Crippen LogP contribution in [-0.4, -0.2) is 18.1 Å². The quantitative estimate of drug-likeness (QED) is 0.724. The highest BCUT2D eigenvalue weighted by Crippen LogP contribution is 2.21. The molecule has 0 fully saturated rings. The zero-order valence-corrected chi connectivity index (χ0v) is 11.0. The average molecular weight is 260 g/mol. The third kappa shape index (κ3) is 3.37. The first kappa shape index (κ1) is 14.8. The molecule has 2 nitrogen and oxygen atoms in total. The van der Waals surface area contributed by atoms with Crippen LogP contribution in [0.15, 0.2) is 6.07 Å². The van der Waals surface area contributed by atoms with E-state index < -0.39 is 17.6 Å². The lowest BCUT2D eigenvalue weighted by molar-refractivity contribution is 0.451. The van der Waals surface area contributed by atoms with Gasteiger partial charge in [0.1, 0.15) is 0 Å². The van der Waals surface area contributed by atoms with Gasteiger partial charge in [-0.05, 0) is 12.8 Å². The molecule has 0 N–H and O–H groups in total. The zero-order valence-electron chi connectivity index (χ0n) is 11.0. The second-order valence-corrected chi connectivity index (χ2v) is 4.29. The lowest BCUT2D eigenvalue weighted by atomic mass is 10.0. The number of aromatic nitrogens is 1. The van der Waals surface area contributed by atoms with Crippen LogP contribution in [0.25, 0.3) is 0 Å². The predicted molar refractivity (Wildman–Crippen MR) is 66.1 cm³/mol. The molecule has 0 spiro atoms. The SMILES string of the molecule is CCC(CC)CN(CC)c1nc(F)c(F)cc1F. The van der Waals surface area contributed by atoms with E-state index in [1.807, 2.05) is 6.92 Å². The van der Waals surface area contributed by atoms with E-state index in [1.165, 1.54) is 0 Å². The molecule has 1 aromatic heterocycles. The zero-order chi connectivity index (χ0) is 13.7. The van der Waals surface area contributed by atoms with E-state index in [-0.39, 0.29) is 5.82 Å². The minimum Gasteiger partial charge on any atom is -0.354 e. The van der Waals surface area contributed by atoms with Crippen LogP contribution >= 0.6 is 0 Å². The number of hydrogen-bond donors (Lipinski definition) is 0. The smallest absolute Gasteiger partial charge is 0.251 e. The van der Waals surface area contributed by atoms with Crippen LogP contribution in [0.2, 0.25) is 0 Å². The molecule has 0 atom stereocenters. The van der Waals surface area contributed by atoms with Crippen molar-refractivity contribution >= 4 is 5.82 Å². The molecule has 102 valence electrons. The number of nitrogens with zero attached hydrogens (tertiary/aromatic N) is 2. The third-order valence-corrected chi connectivity index (χ3v) is 3.18. The summed E-state index contributed by atoms with van der Waals surface area (Å²) in [6, 6.07) is 0.549. The van der Waals surface area contributed by atoms with Gasteiger partial charge in [-0.2, -0.15) is 9.37 Å². The van der Waals surface area contributed by atoms with Crippen molar-refractivity contribution in [2.45, 2.75) is 33.6 Å². The van der Waals surface area contributed by atoms with Gasteiger partial charge in [-0.3, -0.25) is 0 Å². The van der Waals surface area contributed by atoms with E-state index in [1.54, 1.807) is 4.90 Å². The predicted octanol–water partition coefficient (Wildman–Crippen LogP) is 3.76. The summed E-state index contributed by atoms with van der Waals surface area (Å²) in [6.45, 7) is 7.04. The lowest BCUT2D eigenvalue weighted by Crippen LogP contribution is -2.31. The standard InChI is InChI=1S/C13H19F3N2/c1-4-9(5-2)8-18(6-3)13-11(15)7-10(14)12(16)17-13/h7,9H,4-6,8H2,1-3H3. The normalized spacial score (nSPS) is 11.1. The molecular weight excluding hydrogens is 241 g/mol. The maximum Gasteiger partial charge on any atom is 0.251 e. The van der Waals surface area contributed by atoms with Crippen molar-refractivity contribution in [3.63, 3.8) is 0 Å². The van der Waals surface area contributed by atoms with E-state index in [0.29, 0.717) is 25.1 Å². The lowest BCUT2D eigenvalue weighted by Gasteiger charge is -2.26. The second-order valence-electron chi connectivity index (χ2n) is 4.29. The molecule has 5 heteroatoms. The highest BCUT2D eigenvalue weighted by atomic mass is 19.2. The van der Waals surface area contributed by atoms with Gasteiger partial charge >= 0.3 is 0 Å². The van der Waals surface area contributed by atoms with Crippen molar-refractivity contribution in [1.82, 2.24) is 4.98 Å². The fraction of sp³-hybridized carbons (Fsp3) is 0.615. The first-order chi connectivity index (χ1) is 8.53. The van der Waals surface area contributed by atoms with Crippen LogP contribution in [0.5, 0.6) is 0 Å². The Morgan fingerprint density at radius 3 is 2.22 bits per heavy atom. The summed E-state index contributed by atoms with van der Waals surface area (Å²) in [5.41, 5.74) is 0. The van der Waals surface area contributed by atoms with E-state index >= 15 is 0 Å². The Morgan fingerprint density at radius 2 is 1.72 bits per heavy atom. The van der Waals surface area contributed by atoms with Gasteiger partial charge in [0.05, 0.1) is 0 Å². The number of anilines is 1. The average Bonchev–Trinajstić information content (AvgIpc) is 2.36. The van der Waals surface area contributed by atoms with Gasteiger partial charge in [0.25, 0.3) is 5.95 Å². The molecule has 1 rings (SSSR count). The second kappa shape index (κ2) is 6.61. The summed E-state index contributed by atoms with van der Waals surface area (Å²) in [6.07, 6.45) is 1.91. The molecule has 0 radical (unpaired) electrons. The van der Waals surface area contributed by atoms with Crippen LogP contribution in [0, 0.1) is 23.5 Å². The summed E-state index contributed by atoms with van der Waals surface area (Å²) in [7, 11) is 0. The molecule has 0 amide bonds. The Morgan fingerprint density at radius 1 is 1.11 bits per heavy atom. The molecule has 0 saturated heterocycles. The van der Waals surface area contributed by atoms with Gasteiger partial charge in [0.2, 0.25) is 0 Å². The molecule has 0 aliphatic carbocycles. The number of halogens is 3. The fourth-order valence-corrected chi connectivity index (χ4v) is 1.88. The summed E-state index contributed by atoms with van der Waals surface area (Å²) < 4.78 is 39.5. The Bertz CT molecular complexity index is 392. The topological polar surface area (TPSA) is 16.1 Å². The molecule has 18 heavy (non-hydrogen) atoms. The molecular formula is C13H19F3N2. The Hall–Kier alpha value is -1.26.